The topological polar surface area (TPSA) is 30.9 Å². The molecule has 0 radical (unpaired) electrons. The van der Waals surface area contributed by atoms with Gasteiger partial charge in [0.2, 0.25) is 0 Å². The maximum Gasteiger partial charge on any atom is 0.165 e. The Balaban J connectivity index is 2.61. The van der Waals surface area contributed by atoms with Gasteiger partial charge in [-0.2, -0.15) is 0 Å². The van der Waals surface area contributed by atoms with Gasteiger partial charge in [-0.05, 0) is 24.4 Å². The highest BCUT2D eigenvalue weighted by Gasteiger charge is 2.03. The Morgan fingerprint density at radius 3 is 2.64 bits per heavy atom. The summed E-state index contributed by atoms with van der Waals surface area (Å²) in [7, 11) is 0. The Bertz CT molecular complexity index is 470. The second kappa shape index (κ2) is 4.04. The van der Waals surface area contributed by atoms with Crippen LogP contribution >= 0.6 is 23.6 Å². The molecule has 1 heterocycles. The van der Waals surface area contributed by atoms with Gasteiger partial charge < -0.3 is 5.73 Å². The van der Waals surface area contributed by atoms with Crippen LogP contribution in [0.3, 0.4) is 0 Å². The first-order chi connectivity index (χ1) is 6.83. The van der Waals surface area contributed by atoms with Crippen LogP contribution < -0.4 is 5.73 Å². The number of benzene rings is 1. The molecule has 2 rings (SSSR count). The summed E-state index contributed by atoms with van der Waals surface area (Å²) in [5.41, 5.74) is 7.78. The zero-order valence-corrected chi connectivity index (χ0v) is 9.15. The van der Waals surface area contributed by atoms with E-state index in [1.165, 1.54) is 0 Å². The van der Waals surface area contributed by atoms with Crippen molar-refractivity contribution in [2.24, 2.45) is 5.73 Å². The van der Waals surface area contributed by atoms with Crippen molar-refractivity contribution in [1.29, 1.82) is 0 Å². The minimum absolute atomic E-state index is 0.516. The third-order valence-corrected chi connectivity index (χ3v) is 3.23. The molecule has 4 heteroatoms. The molecule has 0 atom stereocenters. The van der Waals surface area contributed by atoms with Crippen molar-refractivity contribution in [3.8, 4) is 5.69 Å². The lowest BCUT2D eigenvalue weighted by Crippen LogP contribution is -2.05. The van der Waals surface area contributed by atoms with Gasteiger partial charge in [0, 0.05) is 23.3 Å². The van der Waals surface area contributed by atoms with Gasteiger partial charge in [-0.3, -0.25) is 4.57 Å². The second-order valence-electron chi connectivity index (χ2n) is 2.87. The van der Waals surface area contributed by atoms with Crippen LogP contribution in [0.1, 0.15) is 5.69 Å². The van der Waals surface area contributed by atoms with Crippen LogP contribution in [0.25, 0.3) is 5.69 Å². The number of hydrogen-bond acceptors (Lipinski definition) is 3. The molecule has 0 bridgehead atoms. The molecule has 0 fully saturated rings. The van der Waals surface area contributed by atoms with Crippen molar-refractivity contribution in [1.82, 2.24) is 4.57 Å². The van der Waals surface area contributed by atoms with Gasteiger partial charge in [-0.15, -0.1) is 11.3 Å². The maximum absolute atomic E-state index is 5.64. The number of hydrogen-bond donors (Lipinski definition) is 1. The summed E-state index contributed by atoms with van der Waals surface area (Å²) in [5.74, 6) is 0. The molecule has 0 saturated carbocycles. The molecule has 0 saturated heterocycles. The van der Waals surface area contributed by atoms with E-state index in [1.54, 1.807) is 11.3 Å². The zero-order valence-electron chi connectivity index (χ0n) is 7.51. The van der Waals surface area contributed by atoms with Crippen LogP contribution in [0.2, 0.25) is 0 Å². The summed E-state index contributed by atoms with van der Waals surface area (Å²) < 4.78 is 2.86. The van der Waals surface area contributed by atoms with Gasteiger partial charge in [0.25, 0.3) is 0 Å². The number of para-hydroxylation sites is 1. The van der Waals surface area contributed by atoms with Gasteiger partial charge in [-0.1, -0.05) is 18.2 Å². The largest absolute Gasteiger partial charge is 0.325 e. The molecule has 0 amide bonds. The average molecular weight is 222 g/mol. The van der Waals surface area contributed by atoms with Crippen molar-refractivity contribution in [3.63, 3.8) is 0 Å². The van der Waals surface area contributed by atoms with E-state index in [0.717, 1.165) is 15.3 Å². The first-order valence-corrected chi connectivity index (χ1v) is 5.56. The lowest BCUT2D eigenvalue weighted by Gasteiger charge is -2.05. The molecule has 1 aromatic carbocycles. The van der Waals surface area contributed by atoms with Gasteiger partial charge in [-0.25, -0.2) is 0 Å². The van der Waals surface area contributed by atoms with Crippen molar-refractivity contribution in [2.45, 2.75) is 6.54 Å². The molecule has 2 nitrogen and oxygen atoms in total. The molecule has 0 aliphatic heterocycles. The fourth-order valence-corrected chi connectivity index (χ4v) is 2.46. The van der Waals surface area contributed by atoms with E-state index in [9.17, 15) is 0 Å². The first-order valence-electron chi connectivity index (χ1n) is 4.28. The molecule has 2 N–H and O–H groups in total. The summed E-state index contributed by atoms with van der Waals surface area (Å²) >= 11 is 6.80. The second-order valence-corrected chi connectivity index (χ2v) is 4.37. The quantitative estimate of drug-likeness (QED) is 0.792. The van der Waals surface area contributed by atoms with Crippen LogP contribution in [0, 0.1) is 3.95 Å². The summed E-state index contributed by atoms with van der Waals surface area (Å²) in [5, 5.41) is 2.01. The Kier molecular flexibility index (Phi) is 2.77. The lowest BCUT2D eigenvalue weighted by atomic mass is 10.3. The van der Waals surface area contributed by atoms with Gasteiger partial charge in [0.15, 0.2) is 3.95 Å². The van der Waals surface area contributed by atoms with Crippen molar-refractivity contribution < 1.29 is 0 Å². The standard InChI is InChI=1S/C10H10N2S2/c11-6-9-7-14-10(13)12(9)8-4-2-1-3-5-8/h1-5,7H,6,11H2. The lowest BCUT2D eigenvalue weighted by molar-refractivity contribution is 0.905. The van der Waals surface area contributed by atoms with Crippen molar-refractivity contribution in [2.75, 3.05) is 0 Å². The number of aromatic nitrogens is 1. The molecule has 0 aliphatic rings. The van der Waals surface area contributed by atoms with E-state index < -0.39 is 0 Å². The Labute approximate surface area is 91.6 Å². The monoisotopic (exact) mass is 222 g/mol. The fraction of sp³-hybridized carbons (Fsp3) is 0.100. The molecular formula is C10H10N2S2. The number of rotatable bonds is 2. The van der Waals surface area contributed by atoms with Crippen LogP contribution in [0.5, 0.6) is 0 Å². The third kappa shape index (κ3) is 1.64. The van der Waals surface area contributed by atoms with Crippen LogP contribution in [-0.4, -0.2) is 4.57 Å². The highest BCUT2D eigenvalue weighted by Crippen LogP contribution is 2.17. The fourth-order valence-electron chi connectivity index (χ4n) is 1.33. The van der Waals surface area contributed by atoms with Crippen LogP contribution in [0.15, 0.2) is 35.7 Å². The SMILES string of the molecule is NCc1csc(=S)n1-c1ccccc1. The normalized spacial score (nSPS) is 10.4. The van der Waals surface area contributed by atoms with E-state index in [2.05, 4.69) is 0 Å². The molecule has 1 aromatic heterocycles. The third-order valence-electron chi connectivity index (χ3n) is 1.99. The Hall–Kier alpha value is -0.970. The summed E-state index contributed by atoms with van der Waals surface area (Å²) in [6.45, 7) is 0.516. The van der Waals surface area contributed by atoms with Crippen molar-refractivity contribution in [3.05, 3.63) is 45.4 Å². The Morgan fingerprint density at radius 2 is 2.00 bits per heavy atom. The van der Waals surface area contributed by atoms with Crippen LogP contribution in [-0.2, 0) is 6.54 Å². The summed E-state index contributed by atoms with van der Waals surface area (Å²) in [4.78, 5) is 0. The zero-order chi connectivity index (χ0) is 9.97. The van der Waals surface area contributed by atoms with Gasteiger partial charge in [0.05, 0.1) is 0 Å². The summed E-state index contributed by atoms with van der Waals surface area (Å²) in [6, 6.07) is 10.0. The molecule has 2 aromatic rings. The van der Waals surface area contributed by atoms with Crippen LogP contribution in [0.4, 0.5) is 0 Å². The number of thiazole rings is 1. The molecule has 0 aliphatic carbocycles. The van der Waals surface area contributed by atoms with E-state index in [-0.39, 0.29) is 0 Å². The average Bonchev–Trinajstić information content (AvgIpc) is 2.61. The van der Waals surface area contributed by atoms with E-state index in [1.807, 2.05) is 40.3 Å². The molecule has 0 unspecified atom stereocenters. The molecule has 72 valence electrons. The van der Waals surface area contributed by atoms with E-state index >= 15 is 0 Å². The first kappa shape index (κ1) is 9.58. The minimum Gasteiger partial charge on any atom is -0.325 e. The smallest absolute Gasteiger partial charge is 0.165 e. The minimum atomic E-state index is 0.516. The number of nitrogens with zero attached hydrogens (tertiary/aromatic N) is 1. The molecular weight excluding hydrogens is 212 g/mol. The van der Waals surface area contributed by atoms with E-state index in [4.69, 9.17) is 18.0 Å². The summed E-state index contributed by atoms with van der Waals surface area (Å²) in [6.07, 6.45) is 0. The van der Waals surface area contributed by atoms with E-state index in [0.29, 0.717) is 6.54 Å². The van der Waals surface area contributed by atoms with Gasteiger partial charge >= 0.3 is 0 Å². The van der Waals surface area contributed by atoms with Crippen molar-refractivity contribution >= 4 is 23.6 Å². The predicted octanol–water partition coefficient (Wildman–Crippen LogP) is 2.73. The predicted molar refractivity (Wildman–Crippen MR) is 62.4 cm³/mol. The Morgan fingerprint density at radius 1 is 1.29 bits per heavy atom. The molecule has 0 spiro atoms. The highest BCUT2D eigenvalue weighted by atomic mass is 32.1. The highest BCUT2D eigenvalue weighted by molar-refractivity contribution is 7.73. The number of nitrogens with two attached hydrogens (primary N) is 1. The molecule has 14 heavy (non-hydrogen) atoms. The maximum atomic E-state index is 5.64. The van der Waals surface area contributed by atoms with Gasteiger partial charge in [0.1, 0.15) is 0 Å².